The van der Waals surface area contributed by atoms with Crippen molar-refractivity contribution in [2.24, 2.45) is 0 Å². The van der Waals surface area contributed by atoms with Gasteiger partial charge in [0.2, 0.25) is 0 Å². The van der Waals surface area contributed by atoms with E-state index in [4.69, 9.17) is 10.2 Å². The molecule has 0 bridgehead atoms. The fourth-order valence-corrected chi connectivity index (χ4v) is 1.25. The van der Waals surface area contributed by atoms with Gasteiger partial charge in [0, 0.05) is 6.07 Å². The zero-order valence-electron chi connectivity index (χ0n) is 9.07. The largest absolute Gasteiger partial charge is 0.480 e. The van der Waals surface area contributed by atoms with E-state index in [9.17, 15) is 19.7 Å². The van der Waals surface area contributed by atoms with Gasteiger partial charge in [0.05, 0.1) is 11.5 Å². The molecule has 3 N–H and O–H groups in total. The fourth-order valence-electron chi connectivity index (χ4n) is 1.25. The number of hydrogen-bond acceptors (Lipinski definition) is 5. The Balaban J connectivity index is 2.97. The number of para-hydroxylation sites is 1. The number of carboxylic acid groups (broad SMARTS) is 1. The average molecular weight is 254 g/mol. The number of nitro groups is 1. The summed E-state index contributed by atoms with van der Waals surface area (Å²) in [6.45, 7) is -0.804. The highest BCUT2D eigenvalue weighted by Gasteiger charge is 2.24. The van der Waals surface area contributed by atoms with Gasteiger partial charge >= 0.3 is 5.97 Å². The number of aliphatic hydroxyl groups is 1. The normalized spacial score (nSPS) is 11.6. The van der Waals surface area contributed by atoms with Crippen LogP contribution in [0.3, 0.4) is 0 Å². The molecule has 0 aromatic heterocycles. The maximum atomic E-state index is 11.7. The van der Waals surface area contributed by atoms with Gasteiger partial charge < -0.3 is 15.5 Å². The first kappa shape index (κ1) is 13.6. The predicted octanol–water partition coefficient (Wildman–Crippen LogP) is -0.230. The second kappa shape index (κ2) is 5.73. The molecule has 0 heterocycles. The highest BCUT2D eigenvalue weighted by atomic mass is 16.6. The lowest BCUT2D eigenvalue weighted by molar-refractivity contribution is -0.385. The van der Waals surface area contributed by atoms with Crippen LogP contribution in [0.4, 0.5) is 5.69 Å². The number of aliphatic hydroxyl groups excluding tert-OH is 1. The number of carbonyl (C=O) groups is 2. The van der Waals surface area contributed by atoms with Gasteiger partial charge in [-0.2, -0.15) is 0 Å². The molecule has 1 aromatic carbocycles. The molecule has 1 atom stereocenters. The third kappa shape index (κ3) is 3.01. The number of carboxylic acids is 1. The van der Waals surface area contributed by atoms with Crippen LogP contribution >= 0.6 is 0 Å². The first-order valence-corrected chi connectivity index (χ1v) is 4.85. The summed E-state index contributed by atoms with van der Waals surface area (Å²) in [5.41, 5.74) is -0.695. The third-order valence-corrected chi connectivity index (χ3v) is 2.13. The van der Waals surface area contributed by atoms with Crippen molar-refractivity contribution in [1.29, 1.82) is 0 Å². The first-order valence-electron chi connectivity index (χ1n) is 4.85. The molecule has 0 saturated carbocycles. The SMILES string of the molecule is O=C(NC(CO)C(=O)O)c1ccccc1[N+](=O)[O-]. The van der Waals surface area contributed by atoms with E-state index in [1.807, 2.05) is 5.32 Å². The Labute approximate surface area is 101 Å². The van der Waals surface area contributed by atoms with E-state index in [2.05, 4.69) is 0 Å². The summed E-state index contributed by atoms with van der Waals surface area (Å²) in [5, 5.41) is 30.0. The van der Waals surface area contributed by atoms with Crippen LogP contribution in [0.2, 0.25) is 0 Å². The minimum absolute atomic E-state index is 0.262. The van der Waals surface area contributed by atoms with Crippen LogP contribution < -0.4 is 5.32 Å². The Morgan fingerprint density at radius 1 is 1.39 bits per heavy atom. The Kier molecular flexibility index (Phi) is 4.33. The molecule has 96 valence electrons. The van der Waals surface area contributed by atoms with Crippen molar-refractivity contribution in [3.8, 4) is 0 Å². The van der Waals surface area contributed by atoms with E-state index in [0.29, 0.717) is 0 Å². The van der Waals surface area contributed by atoms with Crippen molar-refractivity contribution in [1.82, 2.24) is 5.32 Å². The number of amides is 1. The molecule has 0 radical (unpaired) electrons. The standard InChI is InChI=1S/C10H10N2O6/c13-5-7(10(15)16)11-9(14)6-3-1-2-4-8(6)12(17)18/h1-4,7,13H,5H2,(H,11,14)(H,15,16). The van der Waals surface area contributed by atoms with Gasteiger partial charge in [-0.05, 0) is 6.07 Å². The third-order valence-electron chi connectivity index (χ3n) is 2.13. The molecule has 1 unspecified atom stereocenters. The van der Waals surface area contributed by atoms with Crippen molar-refractivity contribution in [2.75, 3.05) is 6.61 Å². The van der Waals surface area contributed by atoms with Crippen LogP contribution in [0.1, 0.15) is 10.4 Å². The molecule has 0 aliphatic heterocycles. The minimum atomic E-state index is -1.50. The van der Waals surface area contributed by atoms with Gasteiger partial charge in [-0.3, -0.25) is 14.9 Å². The predicted molar refractivity (Wildman–Crippen MR) is 59.1 cm³/mol. The summed E-state index contributed by atoms with van der Waals surface area (Å²) in [4.78, 5) is 32.2. The van der Waals surface area contributed by atoms with E-state index in [0.717, 1.165) is 6.07 Å². The molecule has 8 heteroatoms. The van der Waals surface area contributed by atoms with Crippen molar-refractivity contribution in [2.45, 2.75) is 6.04 Å². The molecule has 1 amide bonds. The number of nitrogens with one attached hydrogen (secondary N) is 1. The zero-order chi connectivity index (χ0) is 13.7. The van der Waals surface area contributed by atoms with Gasteiger partial charge in [-0.1, -0.05) is 12.1 Å². The highest BCUT2D eigenvalue weighted by Crippen LogP contribution is 2.17. The summed E-state index contributed by atoms with van der Waals surface area (Å²) in [5.74, 6) is -2.35. The Morgan fingerprint density at radius 2 is 2.00 bits per heavy atom. The number of hydrogen-bond donors (Lipinski definition) is 3. The lowest BCUT2D eigenvalue weighted by atomic mass is 10.1. The number of nitro benzene ring substituents is 1. The highest BCUT2D eigenvalue weighted by molar-refractivity contribution is 5.99. The van der Waals surface area contributed by atoms with E-state index in [1.54, 1.807) is 0 Å². The lowest BCUT2D eigenvalue weighted by Crippen LogP contribution is -2.43. The molecule has 1 rings (SSSR count). The quantitative estimate of drug-likeness (QED) is 0.491. The molecule has 8 nitrogen and oxygen atoms in total. The molecule has 1 aromatic rings. The van der Waals surface area contributed by atoms with Crippen LogP contribution in [0.15, 0.2) is 24.3 Å². The van der Waals surface area contributed by atoms with Crippen LogP contribution in [0.25, 0.3) is 0 Å². The summed E-state index contributed by atoms with van der Waals surface area (Å²) in [7, 11) is 0. The maximum absolute atomic E-state index is 11.7. The number of rotatable bonds is 5. The molecule has 0 fully saturated rings. The molecule has 0 aliphatic rings. The zero-order valence-corrected chi connectivity index (χ0v) is 9.07. The van der Waals surface area contributed by atoms with Gasteiger partial charge in [-0.15, -0.1) is 0 Å². The molecular weight excluding hydrogens is 244 g/mol. The summed E-state index contributed by atoms with van der Waals surface area (Å²) >= 11 is 0. The maximum Gasteiger partial charge on any atom is 0.328 e. The van der Waals surface area contributed by atoms with E-state index in [1.165, 1.54) is 18.2 Å². The average Bonchev–Trinajstić information content (AvgIpc) is 2.35. The van der Waals surface area contributed by atoms with Gasteiger partial charge in [0.15, 0.2) is 6.04 Å². The van der Waals surface area contributed by atoms with Crippen LogP contribution in [0, 0.1) is 10.1 Å². The van der Waals surface area contributed by atoms with E-state index < -0.39 is 35.1 Å². The van der Waals surface area contributed by atoms with Crippen molar-refractivity contribution in [3.63, 3.8) is 0 Å². The summed E-state index contributed by atoms with van der Waals surface area (Å²) < 4.78 is 0. The van der Waals surface area contributed by atoms with Crippen LogP contribution in [-0.2, 0) is 4.79 Å². The Hall–Kier alpha value is -2.48. The first-order chi connectivity index (χ1) is 8.47. The van der Waals surface area contributed by atoms with Gasteiger partial charge in [0.1, 0.15) is 5.56 Å². The van der Waals surface area contributed by atoms with E-state index in [-0.39, 0.29) is 5.56 Å². The fraction of sp³-hybridized carbons (Fsp3) is 0.200. The van der Waals surface area contributed by atoms with Gasteiger partial charge in [-0.25, -0.2) is 4.79 Å². The number of benzene rings is 1. The van der Waals surface area contributed by atoms with E-state index >= 15 is 0 Å². The summed E-state index contributed by atoms with van der Waals surface area (Å²) in [6, 6.07) is 3.62. The molecule has 18 heavy (non-hydrogen) atoms. The molecule has 0 saturated heterocycles. The molecule has 0 spiro atoms. The second-order valence-corrected chi connectivity index (χ2v) is 3.32. The number of carbonyl (C=O) groups excluding carboxylic acids is 1. The van der Waals surface area contributed by atoms with Crippen molar-refractivity contribution < 1.29 is 24.7 Å². The van der Waals surface area contributed by atoms with Crippen LogP contribution in [-0.4, -0.2) is 39.7 Å². The molecule has 0 aliphatic carbocycles. The van der Waals surface area contributed by atoms with Crippen LogP contribution in [0.5, 0.6) is 0 Å². The lowest BCUT2D eigenvalue weighted by Gasteiger charge is -2.11. The second-order valence-electron chi connectivity index (χ2n) is 3.32. The Morgan fingerprint density at radius 3 is 2.50 bits per heavy atom. The van der Waals surface area contributed by atoms with Crippen molar-refractivity contribution >= 4 is 17.6 Å². The number of nitrogens with zero attached hydrogens (tertiary/aromatic N) is 1. The smallest absolute Gasteiger partial charge is 0.328 e. The molecular formula is C10H10N2O6. The Bertz CT molecular complexity index is 487. The van der Waals surface area contributed by atoms with Crippen molar-refractivity contribution in [3.05, 3.63) is 39.9 Å². The van der Waals surface area contributed by atoms with Gasteiger partial charge in [0.25, 0.3) is 11.6 Å². The topological polar surface area (TPSA) is 130 Å². The minimum Gasteiger partial charge on any atom is -0.480 e. The number of aliphatic carboxylic acids is 1. The monoisotopic (exact) mass is 254 g/mol. The summed E-state index contributed by atoms with van der Waals surface area (Å²) in [6.07, 6.45) is 0.